The number of quaternary nitrogens is 1. The van der Waals surface area contributed by atoms with Gasteiger partial charge in [-0.2, -0.15) is 3.84 Å². The number of hydrogen-bond donors (Lipinski definition) is 0. The van der Waals surface area contributed by atoms with Crippen LogP contribution in [0.3, 0.4) is 0 Å². The third kappa shape index (κ3) is 9.71. The monoisotopic (exact) mass is 272 g/mol. The molecule has 0 spiro atoms. The Morgan fingerprint density at radius 1 is 0.688 bits per heavy atom. The van der Waals surface area contributed by atoms with E-state index < -0.39 is 0 Å². The molecule has 100 valence electrons. The van der Waals surface area contributed by atoms with Crippen LogP contribution in [0.5, 0.6) is 0 Å². The van der Waals surface area contributed by atoms with Crippen LogP contribution in [0, 0.1) is 0 Å². The van der Waals surface area contributed by atoms with Crippen LogP contribution in [0.2, 0.25) is 0 Å². The molecule has 0 aliphatic carbocycles. The normalized spacial score (nSPS) is 10.9. The molecule has 0 heterocycles. The average Bonchev–Trinajstić information content (AvgIpc) is 2.20. The Labute approximate surface area is 112 Å². The van der Waals surface area contributed by atoms with Crippen molar-refractivity contribution in [3.8, 4) is 0 Å². The van der Waals surface area contributed by atoms with E-state index in [4.69, 9.17) is 0 Å². The zero-order valence-electron chi connectivity index (χ0n) is 11.3. The van der Waals surface area contributed by atoms with Gasteiger partial charge in [-0.05, 0) is 25.7 Å². The average molecular weight is 273 g/mol. The maximum atomic E-state index is 4.26. The summed E-state index contributed by atoms with van der Waals surface area (Å²) in [6.07, 6.45) is 5.33. The second-order valence-corrected chi connectivity index (χ2v) is 4.76. The Morgan fingerprint density at radius 2 is 0.875 bits per heavy atom. The van der Waals surface area contributed by atoms with E-state index in [0.29, 0.717) is 0 Å². The minimum atomic E-state index is 1.33. The minimum Gasteiger partial charge on any atom is -0.324 e. The summed E-state index contributed by atoms with van der Waals surface area (Å²) < 4.78 is 4.57. The zero-order chi connectivity index (χ0) is 12.9. The summed E-state index contributed by atoms with van der Waals surface area (Å²) in [7, 11) is 0. The quantitative estimate of drug-likeness (QED) is 0.580. The molecule has 0 aromatic rings. The SMILES string of the molecule is CCC[N+](CCC)(CCC)CCC.ClOCl. The van der Waals surface area contributed by atoms with Crippen molar-refractivity contribution >= 4 is 23.7 Å². The molecule has 16 heavy (non-hydrogen) atoms. The van der Waals surface area contributed by atoms with Crippen LogP contribution in [-0.4, -0.2) is 30.7 Å². The highest BCUT2D eigenvalue weighted by atomic mass is 35.6. The Kier molecular flexibility index (Phi) is 16.0. The lowest BCUT2D eigenvalue weighted by Gasteiger charge is -2.38. The van der Waals surface area contributed by atoms with Crippen LogP contribution in [0.15, 0.2) is 0 Å². The van der Waals surface area contributed by atoms with E-state index in [9.17, 15) is 0 Å². The third-order valence-corrected chi connectivity index (χ3v) is 2.79. The molecular weight excluding hydrogens is 245 g/mol. The van der Waals surface area contributed by atoms with Gasteiger partial charge in [0.2, 0.25) is 0 Å². The molecule has 0 saturated carbocycles. The van der Waals surface area contributed by atoms with Crippen molar-refractivity contribution in [1.29, 1.82) is 0 Å². The lowest BCUT2D eigenvalue weighted by atomic mass is 10.2. The molecule has 0 aliphatic heterocycles. The Hall–Kier alpha value is 0.500. The smallest absolute Gasteiger partial charge is 0.0832 e. The first-order chi connectivity index (χ1) is 7.66. The lowest BCUT2D eigenvalue weighted by Crippen LogP contribution is -2.50. The van der Waals surface area contributed by atoms with Gasteiger partial charge in [0, 0.05) is 0 Å². The van der Waals surface area contributed by atoms with Gasteiger partial charge >= 0.3 is 0 Å². The van der Waals surface area contributed by atoms with Gasteiger partial charge in [-0.15, -0.1) is 0 Å². The van der Waals surface area contributed by atoms with Gasteiger partial charge in [-0.25, -0.2) is 0 Å². The fraction of sp³-hybridized carbons (Fsp3) is 1.00. The predicted molar refractivity (Wildman–Crippen MR) is 73.7 cm³/mol. The van der Waals surface area contributed by atoms with Gasteiger partial charge in [0.05, 0.1) is 49.9 Å². The summed E-state index contributed by atoms with van der Waals surface area (Å²) in [5.74, 6) is 0. The maximum absolute atomic E-state index is 4.26. The molecule has 0 saturated heterocycles. The number of nitrogens with zero attached hydrogens (tertiary/aromatic N) is 1. The van der Waals surface area contributed by atoms with Crippen LogP contribution in [0.25, 0.3) is 0 Å². The molecule has 0 unspecified atom stereocenters. The van der Waals surface area contributed by atoms with E-state index in [1.807, 2.05) is 0 Å². The molecule has 0 aromatic carbocycles. The van der Waals surface area contributed by atoms with Crippen molar-refractivity contribution in [2.45, 2.75) is 53.4 Å². The maximum Gasteiger partial charge on any atom is 0.0832 e. The fourth-order valence-electron chi connectivity index (χ4n) is 2.57. The van der Waals surface area contributed by atoms with Crippen LogP contribution in [0.4, 0.5) is 0 Å². The van der Waals surface area contributed by atoms with E-state index in [2.05, 4.69) is 55.3 Å². The van der Waals surface area contributed by atoms with Gasteiger partial charge in [-0.3, -0.25) is 0 Å². The topological polar surface area (TPSA) is 9.23 Å². The molecular formula is C12H28Cl2NO+. The molecule has 2 nitrogen and oxygen atoms in total. The van der Waals surface area contributed by atoms with E-state index >= 15 is 0 Å². The van der Waals surface area contributed by atoms with Crippen molar-refractivity contribution in [2.75, 3.05) is 26.2 Å². The summed E-state index contributed by atoms with van der Waals surface area (Å²) in [4.78, 5) is 0. The summed E-state index contributed by atoms with van der Waals surface area (Å²) >= 11 is 8.53. The van der Waals surface area contributed by atoms with Crippen molar-refractivity contribution < 1.29 is 8.32 Å². The molecule has 0 N–H and O–H groups in total. The highest BCUT2D eigenvalue weighted by Gasteiger charge is 2.22. The van der Waals surface area contributed by atoms with E-state index in [1.54, 1.807) is 0 Å². The highest BCUT2D eigenvalue weighted by Crippen LogP contribution is 2.12. The number of halogens is 2. The molecule has 0 amide bonds. The molecule has 0 radical (unpaired) electrons. The van der Waals surface area contributed by atoms with Crippen LogP contribution >= 0.6 is 23.7 Å². The van der Waals surface area contributed by atoms with Crippen molar-refractivity contribution in [1.82, 2.24) is 0 Å². The molecule has 0 atom stereocenters. The second-order valence-electron chi connectivity index (χ2n) is 4.29. The molecule has 0 fully saturated rings. The van der Waals surface area contributed by atoms with E-state index in [0.717, 1.165) is 0 Å². The van der Waals surface area contributed by atoms with Crippen molar-refractivity contribution in [3.63, 3.8) is 0 Å². The minimum absolute atomic E-state index is 1.33. The number of hydrogen-bond acceptors (Lipinski definition) is 1. The summed E-state index contributed by atoms with van der Waals surface area (Å²) in [5, 5.41) is 0. The molecule has 0 aromatic heterocycles. The Bertz CT molecular complexity index is 105. The van der Waals surface area contributed by atoms with Gasteiger partial charge in [0.25, 0.3) is 0 Å². The molecule has 0 aliphatic rings. The lowest BCUT2D eigenvalue weighted by molar-refractivity contribution is -0.928. The second kappa shape index (κ2) is 13.6. The molecule has 0 bridgehead atoms. The van der Waals surface area contributed by atoms with Gasteiger partial charge < -0.3 is 4.48 Å². The predicted octanol–water partition coefficient (Wildman–Crippen LogP) is 4.75. The van der Waals surface area contributed by atoms with Crippen LogP contribution in [0.1, 0.15) is 53.4 Å². The van der Waals surface area contributed by atoms with Gasteiger partial charge in [0.1, 0.15) is 0 Å². The zero-order valence-corrected chi connectivity index (χ0v) is 12.8. The van der Waals surface area contributed by atoms with Crippen LogP contribution < -0.4 is 0 Å². The Balaban J connectivity index is 0. The summed E-state index contributed by atoms with van der Waals surface area (Å²) in [6, 6.07) is 0. The van der Waals surface area contributed by atoms with Crippen molar-refractivity contribution in [3.05, 3.63) is 0 Å². The first kappa shape index (κ1) is 18.9. The third-order valence-electron chi connectivity index (χ3n) is 2.79. The number of rotatable bonds is 8. The van der Waals surface area contributed by atoms with Crippen LogP contribution in [-0.2, 0) is 3.84 Å². The molecule has 0 rings (SSSR count). The first-order valence-electron chi connectivity index (χ1n) is 6.40. The molecule has 4 heteroatoms. The first-order valence-corrected chi connectivity index (χ1v) is 7.02. The standard InChI is InChI=1S/C12H28N.Cl2O/c1-5-9-13(10-6-2,11-7-3)12-8-4;1-3-2/h5-12H2,1-4H3;/q+1;. The highest BCUT2D eigenvalue weighted by molar-refractivity contribution is 6.24. The van der Waals surface area contributed by atoms with E-state index in [-0.39, 0.29) is 0 Å². The summed E-state index contributed by atoms with van der Waals surface area (Å²) in [5.41, 5.74) is 0. The van der Waals surface area contributed by atoms with Gasteiger partial charge in [0.15, 0.2) is 0 Å². The van der Waals surface area contributed by atoms with E-state index in [1.165, 1.54) is 56.3 Å². The Morgan fingerprint density at radius 3 is 1.00 bits per heavy atom. The largest absolute Gasteiger partial charge is 0.324 e. The summed E-state index contributed by atoms with van der Waals surface area (Å²) in [6.45, 7) is 14.8. The van der Waals surface area contributed by atoms with Gasteiger partial charge in [-0.1, -0.05) is 27.7 Å². The fourth-order valence-corrected chi connectivity index (χ4v) is 2.57. The van der Waals surface area contributed by atoms with Crippen molar-refractivity contribution in [2.24, 2.45) is 0 Å².